The number of carbonyl (C=O) groups is 1. The van der Waals surface area contributed by atoms with Gasteiger partial charge in [-0.2, -0.15) is 0 Å². The molecule has 1 aromatic rings. The molecule has 2 atom stereocenters. The van der Waals surface area contributed by atoms with Crippen molar-refractivity contribution in [2.24, 2.45) is 5.92 Å². The van der Waals surface area contributed by atoms with Crippen molar-refractivity contribution in [3.63, 3.8) is 0 Å². The van der Waals surface area contributed by atoms with Crippen LogP contribution in [0.3, 0.4) is 0 Å². The molecule has 5 heteroatoms. The summed E-state index contributed by atoms with van der Waals surface area (Å²) in [5.41, 5.74) is 1.05. The first kappa shape index (κ1) is 14.5. The number of hydrogen-bond acceptors (Lipinski definition) is 3. The van der Waals surface area contributed by atoms with Crippen LogP contribution in [0.4, 0.5) is 5.69 Å². The van der Waals surface area contributed by atoms with Gasteiger partial charge in [-0.25, -0.2) is 0 Å². The molecular formula is C15H20N2O3. The molecule has 1 fully saturated rings. The summed E-state index contributed by atoms with van der Waals surface area (Å²) >= 11 is 0. The van der Waals surface area contributed by atoms with Gasteiger partial charge in [-0.1, -0.05) is 19.8 Å². The SMILES string of the molecule is Cc1cc(C(=O)N[C@H]2CCCC[C@@H]2C)ccc1[N+](=O)[O-]. The Morgan fingerprint density at radius 1 is 1.35 bits per heavy atom. The van der Waals surface area contributed by atoms with Gasteiger partial charge in [-0.15, -0.1) is 0 Å². The number of hydrogen-bond donors (Lipinski definition) is 1. The maximum Gasteiger partial charge on any atom is 0.272 e. The molecule has 0 aliphatic heterocycles. The van der Waals surface area contributed by atoms with Crippen molar-refractivity contribution in [1.29, 1.82) is 0 Å². The van der Waals surface area contributed by atoms with Crippen LogP contribution in [0.2, 0.25) is 0 Å². The van der Waals surface area contributed by atoms with Gasteiger partial charge in [0.15, 0.2) is 0 Å². The van der Waals surface area contributed by atoms with Crippen LogP contribution >= 0.6 is 0 Å². The minimum Gasteiger partial charge on any atom is -0.349 e. The van der Waals surface area contributed by atoms with E-state index in [9.17, 15) is 14.9 Å². The molecule has 0 spiro atoms. The predicted octanol–water partition coefficient (Wildman–Crippen LogP) is 3.21. The van der Waals surface area contributed by atoms with Crippen LogP contribution in [0.15, 0.2) is 18.2 Å². The zero-order valence-electron chi connectivity index (χ0n) is 11.9. The van der Waals surface area contributed by atoms with Crippen LogP contribution in [-0.4, -0.2) is 16.9 Å². The highest BCUT2D eigenvalue weighted by molar-refractivity contribution is 5.94. The van der Waals surface area contributed by atoms with E-state index in [4.69, 9.17) is 0 Å². The van der Waals surface area contributed by atoms with Gasteiger partial charge in [-0.05, 0) is 37.8 Å². The summed E-state index contributed by atoms with van der Waals surface area (Å²) in [6.07, 6.45) is 4.53. The van der Waals surface area contributed by atoms with Crippen LogP contribution in [0, 0.1) is 23.0 Å². The summed E-state index contributed by atoms with van der Waals surface area (Å²) in [4.78, 5) is 22.5. The maximum atomic E-state index is 12.2. The Kier molecular flexibility index (Phi) is 4.37. The molecule has 20 heavy (non-hydrogen) atoms. The largest absolute Gasteiger partial charge is 0.349 e. The second-order valence-electron chi connectivity index (χ2n) is 5.60. The number of nitro groups is 1. The molecule has 0 aromatic heterocycles. The van der Waals surface area contributed by atoms with E-state index in [0.29, 0.717) is 17.0 Å². The van der Waals surface area contributed by atoms with Crippen LogP contribution in [-0.2, 0) is 0 Å². The summed E-state index contributed by atoms with van der Waals surface area (Å²) in [5, 5.41) is 13.8. The summed E-state index contributed by atoms with van der Waals surface area (Å²) in [7, 11) is 0. The van der Waals surface area contributed by atoms with E-state index < -0.39 is 4.92 Å². The van der Waals surface area contributed by atoms with Crippen molar-refractivity contribution in [2.45, 2.75) is 45.6 Å². The van der Waals surface area contributed by atoms with Gasteiger partial charge < -0.3 is 5.32 Å². The van der Waals surface area contributed by atoms with E-state index in [1.165, 1.54) is 18.6 Å². The standard InChI is InChI=1S/C15H20N2O3/c1-10-5-3-4-6-13(10)16-15(18)12-7-8-14(17(19)20)11(2)9-12/h7-10,13H,3-6H2,1-2H3,(H,16,18)/t10-,13-/m0/s1. The Balaban J connectivity index is 2.09. The van der Waals surface area contributed by atoms with E-state index in [-0.39, 0.29) is 17.6 Å². The van der Waals surface area contributed by atoms with E-state index in [1.807, 2.05) is 0 Å². The van der Waals surface area contributed by atoms with Crippen molar-refractivity contribution >= 4 is 11.6 Å². The highest BCUT2D eigenvalue weighted by atomic mass is 16.6. The van der Waals surface area contributed by atoms with Crippen LogP contribution in [0.25, 0.3) is 0 Å². The molecule has 108 valence electrons. The lowest BCUT2D eigenvalue weighted by Gasteiger charge is -2.29. The molecule has 2 rings (SSSR count). The average Bonchev–Trinajstić information content (AvgIpc) is 2.40. The molecule has 0 radical (unpaired) electrons. The fourth-order valence-corrected chi connectivity index (χ4v) is 2.78. The van der Waals surface area contributed by atoms with Crippen molar-refractivity contribution in [3.8, 4) is 0 Å². The number of amides is 1. The molecular weight excluding hydrogens is 256 g/mol. The van der Waals surface area contributed by atoms with Gasteiger partial charge in [-0.3, -0.25) is 14.9 Å². The molecule has 1 amide bonds. The maximum absolute atomic E-state index is 12.2. The van der Waals surface area contributed by atoms with Gasteiger partial charge >= 0.3 is 0 Å². The van der Waals surface area contributed by atoms with E-state index in [2.05, 4.69) is 12.2 Å². The fourth-order valence-electron chi connectivity index (χ4n) is 2.78. The molecule has 1 aromatic carbocycles. The first-order chi connectivity index (χ1) is 9.49. The molecule has 0 saturated heterocycles. The number of nitrogens with zero attached hydrogens (tertiary/aromatic N) is 1. The Morgan fingerprint density at radius 3 is 2.65 bits per heavy atom. The normalized spacial score (nSPS) is 22.3. The van der Waals surface area contributed by atoms with Crippen molar-refractivity contribution in [2.75, 3.05) is 0 Å². The molecule has 0 heterocycles. The Hall–Kier alpha value is -1.91. The third-order valence-electron chi connectivity index (χ3n) is 4.08. The van der Waals surface area contributed by atoms with Crippen molar-refractivity contribution < 1.29 is 9.72 Å². The topological polar surface area (TPSA) is 72.2 Å². The summed E-state index contributed by atoms with van der Waals surface area (Å²) in [5.74, 6) is 0.355. The van der Waals surface area contributed by atoms with Gasteiger partial charge in [0, 0.05) is 23.2 Å². The number of aryl methyl sites for hydroxylation is 1. The Bertz CT molecular complexity index is 528. The van der Waals surface area contributed by atoms with Crippen molar-refractivity contribution in [1.82, 2.24) is 5.32 Å². The average molecular weight is 276 g/mol. The smallest absolute Gasteiger partial charge is 0.272 e. The molecule has 1 aliphatic carbocycles. The minimum absolute atomic E-state index is 0.0487. The number of benzene rings is 1. The summed E-state index contributed by atoms with van der Waals surface area (Å²) in [6.45, 7) is 3.81. The zero-order chi connectivity index (χ0) is 14.7. The third kappa shape index (κ3) is 3.15. The summed E-state index contributed by atoms with van der Waals surface area (Å²) < 4.78 is 0. The summed E-state index contributed by atoms with van der Waals surface area (Å²) in [6, 6.07) is 4.72. The lowest BCUT2D eigenvalue weighted by molar-refractivity contribution is -0.385. The van der Waals surface area contributed by atoms with Gasteiger partial charge in [0.2, 0.25) is 0 Å². The van der Waals surface area contributed by atoms with Crippen LogP contribution < -0.4 is 5.32 Å². The Labute approximate surface area is 118 Å². The Morgan fingerprint density at radius 2 is 2.05 bits per heavy atom. The number of nitro benzene ring substituents is 1. The van der Waals surface area contributed by atoms with E-state index in [0.717, 1.165) is 19.3 Å². The number of rotatable bonds is 3. The quantitative estimate of drug-likeness (QED) is 0.680. The van der Waals surface area contributed by atoms with Gasteiger partial charge in [0.05, 0.1) is 4.92 Å². The lowest BCUT2D eigenvalue weighted by atomic mass is 9.86. The van der Waals surface area contributed by atoms with Crippen LogP contribution in [0.5, 0.6) is 0 Å². The molecule has 0 bridgehead atoms. The molecule has 0 unspecified atom stereocenters. The second-order valence-corrected chi connectivity index (χ2v) is 5.60. The second kappa shape index (κ2) is 6.03. The predicted molar refractivity (Wildman–Crippen MR) is 76.7 cm³/mol. The zero-order valence-corrected chi connectivity index (χ0v) is 11.9. The molecule has 1 aliphatic rings. The fraction of sp³-hybridized carbons (Fsp3) is 0.533. The molecule has 1 saturated carbocycles. The highest BCUT2D eigenvalue weighted by Crippen LogP contribution is 2.24. The first-order valence-electron chi connectivity index (χ1n) is 7.05. The minimum atomic E-state index is -0.430. The van der Waals surface area contributed by atoms with Gasteiger partial charge in [0.25, 0.3) is 11.6 Å². The molecule has 1 N–H and O–H groups in total. The highest BCUT2D eigenvalue weighted by Gasteiger charge is 2.23. The third-order valence-corrected chi connectivity index (χ3v) is 4.08. The monoisotopic (exact) mass is 276 g/mol. The van der Waals surface area contributed by atoms with Crippen molar-refractivity contribution in [3.05, 3.63) is 39.4 Å². The number of carbonyl (C=O) groups excluding carboxylic acids is 1. The van der Waals surface area contributed by atoms with E-state index >= 15 is 0 Å². The van der Waals surface area contributed by atoms with E-state index in [1.54, 1.807) is 13.0 Å². The molecule has 5 nitrogen and oxygen atoms in total. The van der Waals surface area contributed by atoms with Crippen LogP contribution in [0.1, 0.15) is 48.5 Å². The van der Waals surface area contributed by atoms with Gasteiger partial charge in [0.1, 0.15) is 0 Å². The number of nitrogens with one attached hydrogen (secondary N) is 1. The lowest BCUT2D eigenvalue weighted by Crippen LogP contribution is -2.41. The first-order valence-corrected chi connectivity index (χ1v) is 7.05.